The van der Waals surface area contributed by atoms with Crippen LogP contribution in [0, 0.1) is 5.92 Å². The van der Waals surface area contributed by atoms with Gasteiger partial charge in [-0.15, -0.1) is 0 Å². The standard InChI is InChI=1S/C14H15ClN4O2/c1-9(2)7-18-13(20)16-12-8-17(14(21)19(12)18)11-5-3-10(15)4-6-11/h3-6,9H,7-8H2,1-2H3. The second-order valence-electron chi connectivity index (χ2n) is 5.44. The van der Waals surface area contributed by atoms with Gasteiger partial charge < -0.3 is 0 Å². The summed E-state index contributed by atoms with van der Waals surface area (Å²) >= 11 is 5.86. The summed E-state index contributed by atoms with van der Waals surface area (Å²) in [5, 5.41) is 0.611. The molecule has 0 atom stereocenters. The minimum absolute atomic E-state index is 0.251. The molecule has 0 unspecified atom stereocenters. The topological polar surface area (TPSA) is 60.1 Å². The zero-order valence-corrected chi connectivity index (χ0v) is 12.5. The van der Waals surface area contributed by atoms with Gasteiger partial charge >= 0.3 is 11.7 Å². The molecule has 0 N–H and O–H groups in total. The SMILES string of the molecule is CC(C)Cn1c(=O)nc2n1C(=O)N(c1ccc(Cl)cc1)C2. The summed E-state index contributed by atoms with van der Waals surface area (Å²) in [4.78, 5) is 30.0. The van der Waals surface area contributed by atoms with Gasteiger partial charge in [0.1, 0.15) is 0 Å². The molecule has 2 heterocycles. The maximum absolute atomic E-state index is 12.6. The molecule has 21 heavy (non-hydrogen) atoms. The minimum atomic E-state index is -0.372. The Morgan fingerprint density at radius 1 is 1.24 bits per heavy atom. The van der Waals surface area contributed by atoms with Crippen molar-refractivity contribution in [2.45, 2.75) is 26.9 Å². The maximum Gasteiger partial charge on any atom is 0.364 e. The van der Waals surface area contributed by atoms with Gasteiger partial charge in [0.05, 0.1) is 6.54 Å². The number of nitrogens with zero attached hydrogens (tertiary/aromatic N) is 4. The summed E-state index contributed by atoms with van der Waals surface area (Å²) in [5.74, 6) is 0.724. The smallest absolute Gasteiger partial charge is 0.285 e. The molecule has 6 nitrogen and oxygen atoms in total. The lowest BCUT2D eigenvalue weighted by atomic mass is 10.2. The van der Waals surface area contributed by atoms with Crippen LogP contribution in [0.3, 0.4) is 0 Å². The van der Waals surface area contributed by atoms with Gasteiger partial charge in [-0.1, -0.05) is 25.4 Å². The molecule has 0 radical (unpaired) electrons. The van der Waals surface area contributed by atoms with Crippen LogP contribution in [0.15, 0.2) is 29.1 Å². The van der Waals surface area contributed by atoms with Gasteiger partial charge in [0.2, 0.25) is 0 Å². The number of benzene rings is 1. The molecule has 0 bridgehead atoms. The molecule has 3 rings (SSSR count). The van der Waals surface area contributed by atoms with Crippen molar-refractivity contribution in [2.24, 2.45) is 5.92 Å². The Morgan fingerprint density at radius 3 is 2.52 bits per heavy atom. The van der Waals surface area contributed by atoms with Crippen LogP contribution in [0.2, 0.25) is 5.02 Å². The Hall–Kier alpha value is -2.08. The Balaban J connectivity index is 1.98. The van der Waals surface area contributed by atoms with E-state index in [0.29, 0.717) is 23.9 Å². The third kappa shape index (κ3) is 2.35. The summed E-state index contributed by atoms with van der Waals surface area (Å²) in [7, 11) is 0. The van der Waals surface area contributed by atoms with Crippen molar-refractivity contribution in [1.29, 1.82) is 0 Å². The van der Waals surface area contributed by atoms with E-state index in [4.69, 9.17) is 11.6 Å². The van der Waals surface area contributed by atoms with Gasteiger partial charge in [-0.25, -0.2) is 14.3 Å². The Bertz CT molecular complexity index is 745. The first-order valence-electron chi connectivity index (χ1n) is 6.73. The third-order valence-corrected chi connectivity index (χ3v) is 3.57. The molecule has 0 spiro atoms. The summed E-state index contributed by atoms with van der Waals surface area (Å²) in [6.07, 6.45) is 0. The average Bonchev–Trinajstić information content (AvgIpc) is 2.89. The molecule has 0 saturated carbocycles. The molecule has 110 valence electrons. The van der Waals surface area contributed by atoms with Crippen LogP contribution in [0.4, 0.5) is 10.5 Å². The van der Waals surface area contributed by atoms with Crippen molar-refractivity contribution in [3.05, 3.63) is 45.6 Å². The lowest BCUT2D eigenvalue weighted by molar-refractivity contribution is 0.242. The first kappa shape index (κ1) is 13.9. The third-order valence-electron chi connectivity index (χ3n) is 3.32. The highest BCUT2D eigenvalue weighted by Crippen LogP contribution is 2.24. The van der Waals surface area contributed by atoms with Crippen molar-refractivity contribution in [1.82, 2.24) is 14.3 Å². The first-order chi connectivity index (χ1) is 9.97. The number of fused-ring (bicyclic) bond motifs is 1. The summed E-state index contributed by atoms with van der Waals surface area (Å²) < 4.78 is 2.77. The average molecular weight is 307 g/mol. The number of carbonyl (C=O) groups excluding carboxylic acids is 1. The van der Waals surface area contributed by atoms with Crippen LogP contribution < -0.4 is 10.6 Å². The number of carbonyl (C=O) groups is 1. The van der Waals surface area contributed by atoms with E-state index in [1.807, 2.05) is 13.8 Å². The molecule has 1 aromatic carbocycles. The van der Waals surface area contributed by atoms with E-state index in [9.17, 15) is 9.59 Å². The van der Waals surface area contributed by atoms with E-state index in [0.717, 1.165) is 5.69 Å². The number of amides is 1. The zero-order chi connectivity index (χ0) is 15.1. The van der Waals surface area contributed by atoms with Crippen LogP contribution in [0.1, 0.15) is 19.7 Å². The highest BCUT2D eigenvalue weighted by atomic mass is 35.5. The second kappa shape index (κ2) is 5.04. The van der Waals surface area contributed by atoms with Crippen molar-refractivity contribution >= 4 is 23.3 Å². The molecule has 1 aliphatic heterocycles. The number of halogens is 1. The summed E-state index contributed by atoms with van der Waals surface area (Å²) in [5.41, 5.74) is 0.362. The highest BCUT2D eigenvalue weighted by Gasteiger charge is 2.33. The fourth-order valence-corrected chi connectivity index (χ4v) is 2.53. The molecule has 1 aromatic heterocycles. The van der Waals surface area contributed by atoms with Crippen molar-refractivity contribution in [3.8, 4) is 0 Å². The van der Waals surface area contributed by atoms with Crippen LogP contribution >= 0.6 is 11.6 Å². The van der Waals surface area contributed by atoms with E-state index in [1.54, 1.807) is 29.2 Å². The van der Waals surface area contributed by atoms with Crippen LogP contribution in [-0.4, -0.2) is 20.4 Å². The predicted molar refractivity (Wildman–Crippen MR) is 79.8 cm³/mol. The number of anilines is 1. The number of hydrogen-bond acceptors (Lipinski definition) is 3. The largest absolute Gasteiger partial charge is 0.364 e. The lowest BCUT2D eigenvalue weighted by Gasteiger charge is -2.16. The molecule has 0 saturated heterocycles. The van der Waals surface area contributed by atoms with Gasteiger partial charge in [0.15, 0.2) is 5.82 Å². The van der Waals surface area contributed by atoms with Crippen molar-refractivity contribution < 1.29 is 4.79 Å². The maximum atomic E-state index is 12.6. The molecule has 2 aromatic rings. The quantitative estimate of drug-likeness (QED) is 0.874. The normalized spacial score (nSPS) is 14.1. The lowest BCUT2D eigenvalue weighted by Crippen LogP contribution is -2.34. The number of rotatable bonds is 3. The molecule has 0 aliphatic carbocycles. The second-order valence-corrected chi connectivity index (χ2v) is 5.88. The van der Waals surface area contributed by atoms with E-state index >= 15 is 0 Å². The number of hydrogen-bond donors (Lipinski definition) is 0. The Morgan fingerprint density at radius 2 is 1.90 bits per heavy atom. The van der Waals surface area contributed by atoms with Gasteiger partial charge in [-0.2, -0.15) is 9.67 Å². The van der Waals surface area contributed by atoms with E-state index in [-0.39, 0.29) is 17.6 Å². The van der Waals surface area contributed by atoms with Gasteiger partial charge in [0, 0.05) is 17.3 Å². The monoisotopic (exact) mass is 306 g/mol. The van der Waals surface area contributed by atoms with E-state index in [1.165, 1.54) is 9.36 Å². The fraction of sp³-hybridized carbons (Fsp3) is 0.357. The van der Waals surface area contributed by atoms with E-state index in [2.05, 4.69) is 4.98 Å². The summed E-state index contributed by atoms with van der Waals surface area (Å²) in [6, 6.07) is 6.75. The predicted octanol–water partition coefficient (Wildman–Crippen LogP) is 2.34. The minimum Gasteiger partial charge on any atom is -0.285 e. The van der Waals surface area contributed by atoms with E-state index < -0.39 is 0 Å². The van der Waals surface area contributed by atoms with Gasteiger partial charge in [-0.3, -0.25) is 4.90 Å². The van der Waals surface area contributed by atoms with Crippen molar-refractivity contribution in [3.63, 3.8) is 0 Å². The van der Waals surface area contributed by atoms with Crippen LogP contribution in [0.5, 0.6) is 0 Å². The molecule has 1 aliphatic rings. The molecule has 1 amide bonds. The zero-order valence-electron chi connectivity index (χ0n) is 11.8. The van der Waals surface area contributed by atoms with Gasteiger partial charge in [-0.05, 0) is 30.2 Å². The van der Waals surface area contributed by atoms with Crippen LogP contribution in [0.25, 0.3) is 0 Å². The molecule has 0 fully saturated rings. The van der Waals surface area contributed by atoms with Gasteiger partial charge in [0.25, 0.3) is 0 Å². The number of aromatic nitrogens is 3. The molecule has 7 heteroatoms. The molecular weight excluding hydrogens is 292 g/mol. The summed E-state index contributed by atoms with van der Waals surface area (Å²) in [6.45, 7) is 4.73. The molecular formula is C14H15ClN4O2. The fourth-order valence-electron chi connectivity index (χ4n) is 2.41. The van der Waals surface area contributed by atoms with Crippen molar-refractivity contribution in [2.75, 3.05) is 4.90 Å². The van der Waals surface area contributed by atoms with Crippen LogP contribution in [-0.2, 0) is 13.1 Å². The highest BCUT2D eigenvalue weighted by molar-refractivity contribution is 6.30. The Kier molecular flexibility index (Phi) is 3.33. The Labute approximate surface area is 126 Å². The first-order valence-corrected chi connectivity index (χ1v) is 7.11.